The first-order chi connectivity index (χ1) is 31.0. The van der Waals surface area contributed by atoms with Crippen LogP contribution >= 0.6 is 0 Å². The maximum absolute atomic E-state index is 9.93. The predicted molar refractivity (Wildman–Crippen MR) is 213 cm³/mol. The molecule has 5 aromatic carbocycles. The van der Waals surface area contributed by atoms with Crippen molar-refractivity contribution >= 4 is 55.4 Å². The van der Waals surface area contributed by atoms with Crippen LogP contribution in [-0.2, 0) is 5.41 Å². The van der Waals surface area contributed by atoms with E-state index in [0.717, 1.165) is 52.3 Å². The van der Waals surface area contributed by atoms with Gasteiger partial charge >= 0.3 is 0 Å². The Bertz CT molecular complexity index is 3530. The largest absolute Gasteiger partial charge is 0.456 e. The van der Waals surface area contributed by atoms with Crippen LogP contribution in [0.5, 0.6) is 0 Å². The zero-order valence-electron chi connectivity index (χ0n) is 40.7. The minimum atomic E-state index is -0.694. The third kappa shape index (κ3) is 4.28. The lowest BCUT2D eigenvalue weighted by atomic mass is 9.62. The van der Waals surface area contributed by atoms with E-state index < -0.39 is 83.7 Å². The minimum absolute atomic E-state index is 0.169. The Morgan fingerprint density at radius 1 is 0.698 bits per heavy atom. The average Bonchev–Trinajstić information content (AvgIpc) is 3.92. The van der Waals surface area contributed by atoms with E-state index in [1.807, 2.05) is 48.7 Å². The standard InChI is InChI=1S/C46H36N6O/c1-45-23-9-10-24-46(45,2)52(39-22-25-47-28-36(39)45)44-49-42(48-43(50-44)30-20-21-41-35(27-30)34-16-5-8-19-40(34)53-41)29-12-11-13-31(26-29)51-37-17-6-3-14-32(37)33-15-4-7-18-38(33)51/h3-8,11-22,25-28H,9-10,23-24H2,1-2H3/i3D,4D,6D,7D,11D,12D,13D,14D,15D,17D,18D,26D. The lowest BCUT2D eigenvalue weighted by Gasteiger charge is -2.49. The highest BCUT2D eigenvalue weighted by atomic mass is 16.3. The number of anilines is 2. The van der Waals surface area contributed by atoms with Crippen molar-refractivity contribution in [3.05, 3.63) is 139 Å². The molecule has 5 heterocycles. The van der Waals surface area contributed by atoms with Gasteiger partial charge in [-0.2, -0.15) is 9.97 Å². The summed E-state index contributed by atoms with van der Waals surface area (Å²) in [5.74, 6) is 0.174. The number of hydrogen-bond acceptors (Lipinski definition) is 6. The Kier molecular flexibility index (Phi) is 4.31. The van der Waals surface area contributed by atoms with Crippen molar-refractivity contribution in [2.45, 2.75) is 50.5 Å². The Morgan fingerprint density at radius 2 is 1.43 bits per heavy atom. The lowest BCUT2D eigenvalue weighted by molar-refractivity contribution is 0.193. The summed E-state index contributed by atoms with van der Waals surface area (Å²) < 4.78 is 115. The third-order valence-electron chi connectivity index (χ3n) is 11.5. The smallest absolute Gasteiger partial charge is 0.234 e. The van der Waals surface area contributed by atoms with E-state index in [2.05, 4.69) is 23.7 Å². The molecule has 256 valence electrons. The van der Waals surface area contributed by atoms with E-state index in [-0.39, 0.29) is 50.4 Å². The summed E-state index contributed by atoms with van der Waals surface area (Å²) in [5.41, 5.74) is 1.37. The molecule has 2 atom stereocenters. The molecule has 4 aromatic heterocycles. The van der Waals surface area contributed by atoms with Gasteiger partial charge in [-0.25, -0.2) is 4.98 Å². The predicted octanol–water partition coefficient (Wildman–Crippen LogP) is 11.3. The summed E-state index contributed by atoms with van der Waals surface area (Å²) in [7, 11) is 0. The molecular formula is C46H36N6O. The number of nitrogens with zero attached hydrogens (tertiary/aromatic N) is 6. The Balaban J connectivity index is 1.25. The van der Waals surface area contributed by atoms with Gasteiger partial charge in [-0.3, -0.25) is 4.98 Å². The summed E-state index contributed by atoms with van der Waals surface area (Å²) in [6, 6.07) is 7.43. The van der Waals surface area contributed by atoms with Crippen LogP contribution in [0.1, 0.15) is 61.5 Å². The van der Waals surface area contributed by atoms with Crippen LogP contribution in [0.4, 0.5) is 11.6 Å². The van der Waals surface area contributed by atoms with E-state index in [1.165, 1.54) is 0 Å². The van der Waals surface area contributed by atoms with E-state index in [0.29, 0.717) is 16.7 Å². The number of pyridine rings is 1. The van der Waals surface area contributed by atoms with Crippen molar-refractivity contribution in [1.82, 2.24) is 24.5 Å². The molecule has 1 saturated carbocycles. The molecule has 1 aliphatic carbocycles. The summed E-state index contributed by atoms with van der Waals surface area (Å²) in [4.78, 5) is 21.8. The SMILES string of the molecule is [2H]c1c([2H])c(-c2nc(-c3ccc4oc5ccccc5c4c3)nc(N3c4ccncc4C4(C)CCCCC34C)n2)c([2H])c(-n2c3c([2H])c([2H])c([2H])c([2H])c3c3c([2H])c([2H])c([2H])c([2H])c32)c1[2H]. The lowest BCUT2D eigenvalue weighted by Crippen LogP contribution is -2.55. The van der Waals surface area contributed by atoms with Crippen LogP contribution in [0, 0.1) is 0 Å². The quantitative estimate of drug-likeness (QED) is 0.182. The number of rotatable bonds is 4. The zero-order chi connectivity index (χ0) is 45.8. The first-order valence-electron chi connectivity index (χ1n) is 23.5. The highest BCUT2D eigenvalue weighted by Gasteiger charge is 2.58. The average molecular weight is 701 g/mol. The second-order valence-corrected chi connectivity index (χ2v) is 14.1. The fraction of sp³-hybridized carbons (Fsp3) is 0.174. The summed E-state index contributed by atoms with van der Waals surface area (Å²) >= 11 is 0. The monoisotopic (exact) mass is 700 g/mol. The molecule has 1 aliphatic heterocycles. The normalized spacial score (nSPS) is 22.9. The van der Waals surface area contributed by atoms with Gasteiger partial charge in [0.05, 0.1) is 38.7 Å². The molecule has 0 radical (unpaired) electrons. The molecule has 0 bridgehead atoms. The molecule has 2 aliphatic rings. The molecule has 7 heteroatoms. The van der Waals surface area contributed by atoms with Crippen molar-refractivity contribution in [3.8, 4) is 28.5 Å². The van der Waals surface area contributed by atoms with Crippen molar-refractivity contribution in [3.63, 3.8) is 0 Å². The van der Waals surface area contributed by atoms with E-state index >= 15 is 0 Å². The molecule has 1 fully saturated rings. The van der Waals surface area contributed by atoms with Crippen LogP contribution in [0.25, 0.3) is 72.2 Å². The Morgan fingerprint density at radius 3 is 2.26 bits per heavy atom. The van der Waals surface area contributed by atoms with Gasteiger partial charge in [-0.05, 0) is 74.3 Å². The summed E-state index contributed by atoms with van der Waals surface area (Å²) in [6.45, 7) is 4.39. The van der Waals surface area contributed by atoms with Gasteiger partial charge in [0.15, 0.2) is 11.6 Å². The summed E-state index contributed by atoms with van der Waals surface area (Å²) in [5, 5.41) is 1.15. The van der Waals surface area contributed by atoms with Gasteiger partial charge in [0, 0.05) is 61.7 Å². The highest BCUT2D eigenvalue weighted by Crippen LogP contribution is 2.60. The van der Waals surface area contributed by atoms with Crippen LogP contribution < -0.4 is 4.90 Å². The van der Waals surface area contributed by atoms with Crippen LogP contribution in [0.2, 0.25) is 0 Å². The second kappa shape index (κ2) is 11.1. The van der Waals surface area contributed by atoms with Gasteiger partial charge in [0.1, 0.15) is 11.2 Å². The first-order valence-corrected chi connectivity index (χ1v) is 17.5. The summed E-state index contributed by atoms with van der Waals surface area (Å²) in [6.07, 6.45) is 7.17. The van der Waals surface area contributed by atoms with Gasteiger partial charge in [0.2, 0.25) is 5.95 Å². The molecule has 0 N–H and O–H groups in total. The topological polar surface area (TPSA) is 72.9 Å². The molecule has 0 spiro atoms. The van der Waals surface area contributed by atoms with E-state index in [4.69, 9.17) is 30.3 Å². The van der Waals surface area contributed by atoms with Crippen LogP contribution in [-0.4, -0.2) is 30.0 Å². The van der Waals surface area contributed by atoms with Crippen LogP contribution in [0.15, 0.2) is 138 Å². The number of aromatic nitrogens is 5. The second-order valence-electron chi connectivity index (χ2n) is 14.1. The number of para-hydroxylation sites is 3. The van der Waals surface area contributed by atoms with Gasteiger partial charge in [0.25, 0.3) is 0 Å². The van der Waals surface area contributed by atoms with Crippen LogP contribution in [0.3, 0.4) is 0 Å². The molecule has 9 aromatic rings. The zero-order valence-corrected chi connectivity index (χ0v) is 28.7. The van der Waals surface area contributed by atoms with Crippen molar-refractivity contribution in [2.75, 3.05) is 4.90 Å². The number of furan rings is 1. The van der Waals surface area contributed by atoms with Crippen molar-refractivity contribution < 1.29 is 20.9 Å². The number of fused-ring (bicyclic) bond motifs is 9. The fourth-order valence-electron chi connectivity index (χ4n) is 8.65. The van der Waals surface area contributed by atoms with E-state index in [9.17, 15) is 5.48 Å². The highest BCUT2D eigenvalue weighted by molar-refractivity contribution is 6.09. The molecule has 11 rings (SSSR count). The Hall–Kier alpha value is -6.34. The minimum Gasteiger partial charge on any atom is -0.456 e. The molecule has 2 unspecified atom stereocenters. The molecular weight excluding hydrogens is 653 g/mol. The van der Waals surface area contributed by atoms with Gasteiger partial charge in [-0.1, -0.05) is 86.3 Å². The number of hydrogen-bond donors (Lipinski definition) is 0. The van der Waals surface area contributed by atoms with Gasteiger partial charge in [-0.15, -0.1) is 0 Å². The molecule has 0 saturated heterocycles. The molecule has 53 heavy (non-hydrogen) atoms. The van der Waals surface area contributed by atoms with Crippen molar-refractivity contribution in [1.29, 1.82) is 0 Å². The maximum Gasteiger partial charge on any atom is 0.234 e. The molecule has 7 nitrogen and oxygen atoms in total. The first kappa shape index (κ1) is 20.6. The molecule has 0 amide bonds. The van der Waals surface area contributed by atoms with Gasteiger partial charge < -0.3 is 13.9 Å². The third-order valence-corrected chi connectivity index (χ3v) is 11.5. The number of benzene rings is 5. The fourth-order valence-corrected chi connectivity index (χ4v) is 8.65. The van der Waals surface area contributed by atoms with Crippen molar-refractivity contribution in [2.24, 2.45) is 0 Å². The van der Waals surface area contributed by atoms with E-state index in [1.54, 1.807) is 12.3 Å². The maximum atomic E-state index is 9.93. The Labute approximate surface area is 323 Å².